The van der Waals surface area contributed by atoms with Gasteiger partial charge in [-0.25, -0.2) is 18.4 Å². The minimum atomic E-state index is -5.34. The normalized spacial score (nSPS) is 12.3. The van der Waals surface area contributed by atoms with E-state index in [1.165, 1.54) is 18.6 Å². The highest BCUT2D eigenvalue weighted by atomic mass is 32.2. The maximum absolute atomic E-state index is 12.5. The van der Waals surface area contributed by atoms with Gasteiger partial charge in [0.1, 0.15) is 0 Å². The van der Waals surface area contributed by atoms with Crippen molar-refractivity contribution in [2.75, 3.05) is 0 Å². The van der Waals surface area contributed by atoms with E-state index in [1.807, 2.05) is 0 Å². The van der Waals surface area contributed by atoms with Crippen molar-refractivity contribution in [2.45, 2.75) is 49.4 Å². The predicted molar refractivity (Wildman–Crippen MR) is 88.6 cm³/mol. The van der Waals surface area contributed by atoms with Gasteiger partial charge in [-0.05, 0) is 42.7 Å². The molecule has 0 N–H and O–H groups in total. The minimum Gasteiger partial charge on any atom is -0.236 e. The van der Waals surface area contributed by atoms with Gasteiger partial charge in [0.15, 0.2) is 5.82 Å². The predicted octanol–water partition coefficient (Wildman–Crippen LogP) is 4.56. The summed E-state index contributed by atoms with van der Waals surface area (Å²) in [5.74, 6) is 0.341. The molecule has 0 bridgehead atoms. The van der Waals surface area contributed by atoms with E-state index in [9.17, 15) is 21.6 Å². The quantitative estimate of drug-likeness (QED) is 0.669. The molecule has 8 heteroatoms. The fraction of sp³-hybridized carbons (Fsp3) is 0.412. The average Bonchev–Trinajstić information content (AvgIpc) is 2.58. The summed E-state index contributed by atoms with van der Waals surface area (Å²) in [4.78, 5) is 7.62. The van der Waals surface area contributed by atoms with Gasteiger partial charge in [0.25, 0.3) is 9.84 Å². The van der Waals surface area contributed by atoms with E-state index in [1.54, 1.807) is 12.4 Å². The molecule has 0 saturated heterocycles. The molecule has 0 spiro atoms. The molecule has 0 aliphatic carbocycles. The first-order valence-corrected chi connectivity index (χ1v) is 9.46. The van der Waals surface area contributed by atoms with Gasteiger partial charge in [0.2, 0.25) is 0 Å². The molecule has 0 saturated carbocycles. The van der Waals surface area contributed by atoms with E-state index < -0.39 is 20.2 Å². The Balaban J connectivity index is 2.10. The summed E-state index contributed by atoms with van der Waals surface area (Å²) in [6, 6.07) is 4.38. The molecule has 4 nitrogen and oxygen atoms in total. The summed E-state index contributed by atoms with van der Waals surface area (Å²) in [7, 11) is -5.34. The second-order valence-corrected chi connectivity index (χ2v) is 7.64. The van der Waals surface area contributed by atoms with Crippen LogP contribution in [0.15, 0.2) is 41.6 Å². The lowest BCUT2D eigenvalue weighted by atomic mass is 10.1. The lowest BCUT2D eigenvalue weighted by Crippen LogP contribution is -2.23. The zero-order valence-electron chi connectivity index (χ0n) is 13.8. The molecule has 0 aliphatic heterocycles. The maximum Gasteiger partial charge on any atom is 0.501 e. The number of sulfone groups is 1. The zero-order chi connectivity index (χ0) is 18.5. The molecule has 0 amide bonds. The van der Waals surface area contributed by atoms with Gasteiger partial charge in [0.05, 0.1) is 4.90 Å². The molecule has 0 fully saturated rings. The topological polar surface area (TPSA) is 59.9 Å². The Labute approximate surface area is 145 Å². The van der Waals surface area contributed by atoms with Crippen molar-refractivity contribution >= 4 is 9.84 Å². The Morgan fingerprint density at radius 1 is 0.960 bits per heavy atom. The van der Waals surface area contributed by atoms with Crippen molar-refractivity contribution in [3.8, 4) is 11.4 Å². The first-order chi connectivity index (χ1) is 11.8. The number of aromatic nitrogens is 2. The Kier molecular flexibility index (Phi) is 6.16. The standard InChI is InChI=1S/C17H19F3N2O2S/c1-2-3-4-5-6-13-11-21-16(22-12-13)14-7-9-15(10-8-14)25(23,24)17(18,19)20/h7-12H,2-6H2,1H3. The van der Waals surface area contributed by atoms with Crippen LogP contribution in [0.2, 0.25) is 0 Å². The molecule has 0 unspecified atom stereocenters. The summed E-state index contributed by atoms with van der Waals surface area (Å²) >= 11 is 0. The number of unbranched alkanes of at least 4 members (excludes halogenated alkanes) is 3. The van der Waals surface area contributed by atoms with Crippen LogP contribution in [-0.2, 0) is 16.3 Å². The Morgan fingerprint density at radius 3 is 2.08 bits per heavy atom. The average molecular weight is 372 g/mol. The minimum absolute atomic E-state index is 0.341. The smallest absolute Gasteiger partial charge is 0.236 e. The molecule has 0 aliphatic rings. The van der Waals surface area contributed by atoms with Crippen LogP contribution in [-0.4, -0.2) is 23.9 Å². The van der Waals surface area contributed by atoms with E-state index in [0.29, 0.717) is 11.4 Å². The van der Waals surface area contributed by atoms with Crippen LogP contribution in [0.25, 0.3) is 11.4 Å². The van der Waals surface area contributed by atoms with Gasteiger partial charge in [-0.1, -0.05) is 26.2 Å². The van der Waals surface area contributed by atoms with Crippen molar-refractivity contribution in [2.24, 2.45) is 0 Å². The molecule has 1 aromatic carbocycles. The maximum atomic E-state index is 12.5. The molecule has 2 aromatic rings. The molecule has 25 heavy (non-hydrogen) atoms. The number of alkyl halides is 3. The number of halogens is 3. The summed E-state index contributed by atoms with van der Waals surface area (Å²) < 4.78 is 60.2. The van der Waals surface area contributed by atoms with Gasteiger partial charge in [-0.2, -0.15) is 13.2 Å². The van der Waals surface area contributed by atoms with E-state index in [4.69, 9.17) is 0 Å². The first kappa shape index (κ1) is 19.4. The van der Waals surface area contributed by atoms with Crippen molar-refractivity contribution in [3.63, 3.8) is 0 Å². The number of rotatable bonds is 7. The lowest BCUT2D eigenvalue weighted by Gasteiger charge is -2.08. The second kappa shape index (κ2) is 7.95. The lowest BCUT2D eigenvalue weighted by molar-refractivity contribution is -0.0436. The van der Waals surface area contributed by atoms with Crippen LogP contribution in [0, 0.1) is 0 Å². The Hall–Kier alpha value is -1.96. The van der Waals surface area contributed by atoms with Crippen LogP contribution < -0.4 is 0 Å². The van der Waals surface area contributed by atoms with Gasteiger partial charge in [0, 0.05) is 18.0 Å². The van der Waals surface area contributed by atoms with Crippen molar-refractivity contribution < 1.29 is 21.6 Å². The van der Waals surface area contributed by atoms with Crippen molar-refractivity contribution in [3.05, 3.63) is 42.2 Å². The third-order valence-corrected chi connectivity index (χ3v) is 5.25. The molecule has 1 heterocycles. The summed E-state index contributed by atoms with van der Waals surface area (Å²) in [5, 5.41) is 0. The number of aryl methyl sites for hydroxylation is 1. The third-order valence-electron chi connectivity index (χ3n) is 3.75. The Bertz CT molecular complexity index is 786. The summed E-state index contributed by atoms with van der Waals surface area (Å²) in [5.41, 5.74) is -3.86. The highest BCUT2D eigenvalue weighted by Gasteiger charge is 2.46. The van der Waals surface area contributed by atoms with E-state index in [0.717, 1.165) is 43.4 Å². The Morgan fingerprint density at radius 2 is 1.56 bits per heavy atom. The molecule has 2 rings (SSSR count). The van der Waals surface area contributed by atoms with E-state index in [2.05, 4.69) is 16.9 Å². The van der Waals surface area contributed by atoms with Crippen LogP contribution in [0.1, 0.15) is 38.2 Å². The molecule has 0 atom stereocenters. The molecular weight excluding hydrogens is 353 g/mol. The molecule has 1 aromatic heterocycles. The van der Waals surface area contributed by atoms with Crippen molar-refractivity contribution in [1.82, 2.24) is 9.97 Å². The zero-order valence-corrected chi connectivity index (χ0v) is 14.6. The van der Waals surface area contributed by atoms with Gasteiger partial charge in [-0.15, -0.1) is 0 Å². The first-order valence-electron chi connectivity index (χ1n) is 7.98. The van der Waals surface area contributed by atoms with Crippen molar-refractivity contribution in [1.29, 1.82) is 0 Å². The number of hydrogen-bond acceptors (Lipinski definition) is 4. The van der Waals surface area contributed by atoms with E-state index in [-0.39, 0.29) is 0 Å². The van der Waals surface area contributed by atoms with Crippen LogP contribution in [0.3, 0.4) is 0 Å². The highest BCUT2D eigenvalue weighted by Crippen LogP contribution is 2.31. The number of nitrogens with zero attached hydrogens (tertiary/aromatic N) is 2. The molecule has 0 radical (unpaired) electrons. The largest absolute Gasteiger partial charge is 0.501 e. The van der Waals surface area contributed by atoms with Gasteiger partial charge >= 0.3 is 5.51 Å². The molecule has 136 valence electrons. The number of hydrogen-bond donors (Lipinski definition) is 0. The summed E-state index contributed by atoms with van der Waals surface area (Å²) in [6.07, 6.45) is 8.81. The van der Waals surface area contributed by atoms with Crippen LogP contribution >= 0.6 is 0 Å². The van der Waals surface area contributed by atoms with Gasteiger partial charge < -0.3 is 0 Å². The highest BCUT2D eigenvalue weighted by molar-refractivity contribution is 7.92. The molecular formula is C17H19F3N2O2S. The third kappa shape index (κ3) is 4.78. The monoisotopic (exact) mass is 372 g/mol. The number of benzene rings is 1. The van der Waals surface area contributed by atoms with Gasteiger partial charge in [-0.3, -0.25) is 0 Å². The van der Waals surface area contributed by atoms with Crippen LogP contribution in [0.5, 0.6) is 0 Å². The fourth-order valence-corrected chi connectivity index (χ4v) is 3.07. The fourth-order valence-electron chi connectivity index (χ4n) is 2.31. The van der Waals surface area contributed by atoms with Crippen LogP contribution in [0.4, 0.5) is 13.2 Å². The van der Waals surface area contributed by atoms with E-state index >= 15 is 0 Å². The summed E-state index contributed by atoms with van der Waals surface area (Å²) in [6.45, 7) is 2.14. The SMILES string of the molecule is CCCCCCc1cnc(-c2ccc(S(=O)(=O)C(F)(F)F)cc2)nc1. The second-order valence-electron chi connectivity index (χ2n) is 5.70.